The Kier molecular flexibility index (Phi) is 8.00. The molecule has 0 aliphatic carbocycles. The van der Waals surface area contributed by atoms with Gasteiger partial charge in [-0.15, -0.1) is 0 Å². The SMILES string of the molecule is CCC[C@H](C)NC(=O)C[NH+]1CC[NH+](CC(=O)Nc2cccc(F)c2)CC1. The molecule has 7 heteroatoms. The molecule has 0 saturated carbocycles. The van der Waals surface area contributed by atoms with Crippen LogP contribution in [0, 0.1) is 5.82 Å². The predicted molar refractivity (Wildman–Crippen MR) is 98.7 cm³/mol. The third-order valence-electron chi connectivity index (χ3n) is 4.72. The van der Waals surface area contributed by atoms with Gasteiger partial charge in [0, 0.05) is 11.7 Å². The highest BCUT2D eigenvalue weighted by atomic mass is 19.1. The van der Waals surface area contributed by atoms with E-state index < -0.39 is 0 Å². The summed E-state index contributed by atoms with van der Waals surface area (Å²) in [7, 11) is 0. The Balaban J connectivity index is 1.68. The molecule has 1 aromatic carbocycles. The van der Waals surface area contributed by atoms with Gasteiger partial charge < -0.3 is 20.4 Å². The van der Waals surface area contributed by atoms with Gasteiger partial charge in [-0.3, -0.25) is 9.59 Å². The Morgan fingerprint density at radius 2 is 1.73 bits per heavy atom. The average Bonchev–Trinajstić information content (AvgIpc) is 2.56. The minimum absolute atomic E-state index is 0.105. The van der Waals surface area contributed by atoms with Crippen molar-refractivity contribution in [3.05, 3.63) is 30.1 Å². The Morgan fingerprint density at radius 3 is 2.31 bits per heavy atom. The van der Waals surface area contributed by atoms with Crippen LogP contribution >= 0.6 is 0 Å². The molecule has 1 heterocycles. The van der Waals surface area contributed by atoms with Gasteiger partial charge in [0.2, 0.25) is 0 Å². The van der Waals surface area contributed by atoms with Crippen molar-refractivity contribution in [2.24, 2.45) is 0 Å². The van der Waals surface area contributed by atoms with Crippen LogP contribution < -0.4 is 20.4 Å². The van der Waals surface area contributed by atoms with Crippen molar-refractivity contribution in [2.45, 2.75) is 32.7 Å². The number of nitrogens with one attached hydrogen (secondary N) is 4. The quantitative estimate of drug-likeness (QED) is 0.470. The lowest BCUT2D eigenvalue weighted by Crippen LogP contribution is -3.28. The number of hydrogen-bond acceptors (Lipinski definition) is 2. The van der Waals surface area contributed by atoms with E-state index in [0.717, 1.165) is 39.0 Å². The first-order valence-corrected chi connectivity index (χ1v) is 9.48. The van der Waals surface area contributed by atoms with Crippen molar-refractivity contribution in [1.82, 2.24) is 5.32 Å². The van der Waals surface area contributed by atoms with E-state index in [9.17, 15) is 14.0 Å². The maximum atomic E-state index is 13.2. The van der Waals surface area contributed by atoms with E-state index in [0.29, 0.717) is 18.8 Å². The van der Waals surface area contributed by atoms with Gasteiger partial charge in [0.05, 0.1) is 0 Å². The van der Waals surface area contributed by atoms with E-state index in [2.05, 4.69) is 17.6 Å². The average molecular weight is 366 g/mol. The number of amides is 2. The van der Waals surface area contributed by atoms with E-state index in [1.807, 2.05) is 6.92 Å². The smallest absolute Gasteiger partial charge is 0.279 e. The van der Waals surface area contributed by atoms with Gasteiger partial charge >= 0.3 is 0 Å². The first-order valence-electron chi connectivity index (χ1n) is 9.48. The van der Waals surface area contributed by atoms with Gasteiger partial charge in [-0.1, -0.05) is 19.4 Å². The van der Waals surface area contributed by atoms with Gasteiger partial charge in [0.25, 0.3) is 11.8 Å². The molecule has 2 amide bonds. The van der Waals surface area contributed by atoms with Crippen molar-refractivity contribution in [3.8, 4) is 0 Å². The minimum atomic E-state index is -0.362. The molecule has 0 radical (unpaired) electrons. The molecule has 1 saturated heterocycles. The van der Waals surface area contributed by atoms with Crippen LogP contribution in [0.1, 0.15) is 26.7 Å². The summed E-state index contributed by atoms with van der Waals surface area (Å²) in [5.41, 5.74) is 0.483. The lowest BCUT2D eigenvalue weighted by Gasteiger charge is -2.29. The summed E-state index contributed by atoms with van der Waals surface area (Å²) in [6.07, 6.45) is 2.06. The molecule has 0 aromatic heterocycles. The Hall–Kier alpha value is -1.99. The highest BCUT2D eigenvalue weighted by Gasteiger charge is 2.26. The van der Waals surface area contributed by atoms with E-state index in [1.165, 1.54) is 21.9 Å². The van der Waals surface area contributed by atoms with E-state index in [1.54, 1.807) is 12.1 Å². The first kappa shape index (κ1) is 20.3. The van der Waals surface area contributed by atoms with Crippen LogP contribution in [-0.4, -0.2) is 57.1 Å². The third kappa shape index (κ3) is 7.09. The number of benzene rings is 1. The fraction of sp³-hybridized carbons (Fsp3) is 0.579. The molecular formula is C19H31FN4O2+2. The third-order valence-corrected chi connectivity index (χ3v) is 4.72. The van der Waals surface area contributed by atoms with Crippen molar-refractivity contribution in [1.29, 1.82) is 0 Å². The second-order valence-corrected chi connectivity index (χ2v) is 7.17. The summed E-state index contributed by atoms with van der Waals surface area (Å²) in [5, 5.41) is 5.78. The lowest BCUT2D eigenvalue weighted by molar-refractivity contribution is -1.00. The highest BCUT2D eigenvalue weighted by Crippen LogP contribution is 2.08. The predicted octanol–water partition coefficient (Wildman–Crippen LogP) is -1.15. The lowest BCUT2D eigenvalue weighted by atomic mass is 10.2. The normalized spacial score (nSPS) is 21.0. The van der Waals surface area contributed by atoms with Crippen molar-refractivity contribution >= 4 is 17.5 Å². The van der Waals surface area contributed by atoms with E-state index >= 15 is 0 Å². The van der Waals surface area contributed by atoms with Gasteiger partial charge in [0.15, 0.2) is 13.1 Å². The second-order valence-electron chi connectivity index (χ2n) is 7.17. The van der Waals surface area contributed by atoms with Crippen LogP contribution in [0.4, 0.5) is 10.1 Å². The second kappa shape index (κ2) is 10.2. The van der Waals surface area contributed by atoms with Crippen LogP contribution in [0.3, 0.4) is 0 Å². The van der Waals surface area contributed by atoms with Crippen LogP contribution in [0.2, 0.25) is 0 Å². The minimum Gasteiger partial charge on any atom is -0.349 e. The summed E-state index contributed by atoms with van der Waals surface area (Å²) < 4.78 is 13.2. The molecule has 1 aliphatic heterocycles. The zero-order chi connectivity index (χ0) is 18.9. The number of rotatable bonds is 8. The van der Waals surface area contributed by atoms with Crippen molar-refractivity contribution < 1.29 is 23.8 Å². The van der Waals surface area contributed by atoms with Crippen LogP contribution in [0.15, 0.2) is 24.3 Å². The molecule has 2 rings (SSSR count). The topological polar surface area (TPSA) is 67.1 Å². The summed E-state index contributed by atoms with van der Waals surface area (Å²) >= 11 is 0. The Bertz CT molecular complexity index is 603. The summed E-state index contributed by atoms with van der Waals surface area (Å²) in [6.45, 7) is 8.46. The van der Waals surface area contributed by atoms with Crippen LogP contribution in [0.25, 0.3) is 0 Å². The van der Waals surface area contributed by atoms with E-state index in [4.69, 9.17) is 0 Å². The summed E-state index contributed by atoms with van der Waals surface area (Å²) in [5.74, 6) is -0.368. The molecule has 144 valence electrons. The molecule has 1 atom stereocenters. The van der Waals surface area contributed by atoms with Crippen LogP contribution in [-0.2, 0) is 9.59 Å². The molecular weight excluding hydrogens is 335 g/mol. The van der Waals surface area contributed by atoms with E-state index in [-0.39, 0.29) is 23.7 Å². The Morgan fingerprint density at radius 1 is 1.12 bits per heavy atom. The highest BCUT2D eigenvalue weighted by molar-refractivity contribution is 5.91. The maximum absolute atomic E-state index is 13.2. The van der Waals surface area contributed by atoms with Gasteiger partial charge in [-0.2, -0.15) is 0 Å². The molecule has 6 nitrogen and oxygen atoms in total. The van der Waals surface area contributed by atoms with Crippen molar-refractivity contribution in [2.75, 3.05) is 44.6 Å². The zero-order valence-corrected chi connectivity index (χ0v) is 15.7. The summed E-state index contributed by atoms with van der Waals surface area (Å²) in [4.78, 5) is 26.6. The zero-order valence-electron chi connectivity index (χ0n) is 15.7. The molecule has 0 spiro atoms. The largest absolute Gasteiger partial charge is 0.349 e. The number of piperazine rings is 1. The standard InChI is InChI=1S/C19H29FN4O2/c1-3-5-15(2)21-18(25)13-23-8-10-24(11-9-23)14-19(26)22-17-7-4-6-16(20)12-17/h4,6-7,12,15H,3,5,8-11,13-14H2,1-2H3,(H,21,25)(H,22,26)/p+2/t15-/m0/s1. The number of carbonyl (C=O) groups is 2. The van der Waals surface area contributed by atoms with Crippen molar-refractivity contribution in [3.63, 3.8) is 0 Å². The fourth-order valence-electron chi connectivity index (χ4n) is 3.37. The fourth-order valence-corrected chi connectivity index (χ4v) is 3.37. The monoisotopic (exact) mass is 366 g/mol. The molecule has 0 unspecified atom stereocenters. The molecule has 1 aliphatic rings. The number of hydrogen-bond donors (Lipinski definition) is 4. The molecule has 0 bridgehead atoms. The maximum Gasteiger partial charge on any atom is 0.279 e. The number of carbonyl (C=O) groups excluding carboxylic acids is 2. The van der Waals surface area contributed by atoms with Crippen LogP contribution in [0.5, 0.6) is 0 Å². The molecule has 26 heavy (non-hydrogen) atoms. The number of quaternary nitrogens is 2. The number of anilines is 1. The number of halogens is 1. The molecule has 4 N–H and O–H groups in total. The molecule has 1 fully saturated rings. The first-order chi connectivity index (χ1) is 12.5. The van der Waals surface area contributed by atoms with Gasteiger partial charge in [-0.25, -0.2) is 4.39 Å². The molecule has 1 aromatic rings. The summed E-state index contributed by atoms with van der Waals surface area (Å²) in [6, 6.07) is 6.14. The van der Waals surface area contributed by atoms with Gasteiger partial charge in [-0.05, 0) is 31.5 Å². The Labute approximate surface area is 154 Å². The van der Waals surface area contributed by atoms with Gasteiger partial charge in [0.1, 0.15) is 32.0 Å².